The molecular formula is C26H37N3O6. The molecule has 9 heteroatoms. The molecule has 1 aromatic rings. The highest BCUT2D eigenvalue weighted by atomic mass is 16.6. The van der Waals surface area contributed by atoms with Gasteiger partial charge in [-0.3, -0.25) is 9.59 Å². The highest BCUT2D eigenvalue weighted by Gasteiger charge is 2.38. The van der Waals surface area contributed by atoms with Crippen LogP contribution < -0.4 is 10.7 Å². The number of hydrazine groups is 1. The zero-order valence-corrected chi connectivity index (χ0v) is 20.6. The molecule has 4 atom stereocenters. The van der Waals surface area contributed by atoms with Gasteiger partial charge < -0.3 is 15.2 Å². The van der Waals surface area contributed by atoms with Crippen LogP contribution in [0.25, 0.3) is 0 Å². The zero-order chi connectivity index (χ0) is 25.4. The lowest BCUT2D eigenvalue weighted by Crippen LogP contribution is -2.56. The van der Waals surface area contributed by atoms with E-state index < -0.39 is 29.9 Å². The molecule has 2 fully saturated rings. The second kappa shape index (κ2) is 12.6. The molecule has 3 rings (SSSR count). The molecule has 9 nitrogen and oxygen atoms in total. The summed E-state index contributed by atoms with van der Waals surface area (Å²) in [6.45, 7) is 4.39. The second-order valence-corrected chi connectivity index (χ2v) is 10.00. The molecule has 1 saturated carbocycles. The number of carbonyl (C=O) groups is 4. The first-order valence-corrected chi connectivity index (χ1v) is 12.6. The van der Waals surface area contributed by atoms with Crippen molar-refractivity contribution in [2.45, 2.75) is 77.4 Å². The van der Waals surface area contributed by atoms with E-state index in [0.717, 1.165) is 30.7 Å². The fraction of sp³-hybridized carbons (Fsp3) is 0.615. The van der Waals surface area contributed by atoms with Gasteiger partial charge in [0.25, 0.3) is 0 Å². The number of carboxylic acid groups (broad SMARTS) is 1. The second-order valence-electron chi connectivity index (χ2n) is 10.00. The van der Waals surface area contributed by atoms with E-state index in [0.29, 0.717) is 19.4 Å². The van der Waals surface area contributed by atoms with Gasteiger partial charge in [-0.25, -0.2) is 20.0 Å². The van der Waals surface area contributed by atoms with Crippen LogP contribution in [0.15, 0.2) is 30.3 Å². The molecule has 2 aliphatic rings. The first kappa shape index (κ1) is 26.5. The average Bonchev–Trinajstić information content (AvgIpc) is 3.43. The van der Waals surface area contributed by atoms with E-state index in [1.165, 1.54) is 5.56 Å². The minimum Gasteiger partial charge on any atom is -0.480 e. The molecule has 3 N–H and O–H groups in total. The predicted octanol–water partition coefficient (Wildman–Crippen LogP) is 3.28. The van der Waals surface area contributed by atoms with Gasteiger partial charge >= 0.3 is 12.1 Å². The Hall–Kier alpha value is -3.10. The lowest BCUT2D eigenvalue weighted by Gasteiger charge is -2.31. The number of nitrogens with zero attached hydrogens (tertiary/aromatic N) is 1. The topological polar surface area (TPSA) is 125 Å². The quantitative estimate of drug-likeness (QED) is 0.435. The molecule has 1 aromatic carbocycles. The zero-order valence-electron chi connectivity index (χ0n) is 20.6. The van der Waals surface area contributed by atoms with Gasteiger partial charge in [0.2, 0.25) is 11.8 Å². The summed E-state index contributed by atoms with van der Waals surface area (Å²) >= 11 is 0. The van der Waals surface area contributed by atoms with Crippen LogP contribution in [0.4, 0.5) is 4.79 Å². The highest BCUT2D eigenvalue weighted by molar-refractivity contribution is 5.87. The van der Waals surface area contributed by atoms with Crippen molar-refractivity contribution >= 4 is 23.9 Å². The molecular weight excluding hydrogens is 450 g/mol. The number of rotatable bonds is 10. The minimum atomic E-state index is -1.36. The third-order valence-corrected chi connectivity index (χ3v) is 6.87. The van der Waals surface area contributed by atoms with E-state index >= 15 is 0 Å². The molecule has 3 amide bonds. The lowest BCUT2D eigenvalue weighted by atomic mass is 9.96. The molecule has 192 valence electrons. The highest BCUT2D eigenvalue weighted by Crippen LogP contribution is 2.31. The Balaban J connectivity index is 1.69. The van der Waals surface area contributed by atoms with Gasteiger partial charge in [0.05, 0.1) is 0 Å². The Labute approximate surface area is 206 Å². The smallest absolute Gasteiger partial charge is 0.426 e. The lowest BCUT2D eigenvalue weighted by molar-refractivity contribution is -0.154. The summed E-state index contributed by atoms with van der Waals surface area (Å²) in [6, 6.07) is 8.63. The molecule has 1 heterocycles. The van der Waals surface area contributed by atoms with Gasteiger partial charge in [-0.15, -0.1) is 0 Å². The van der Waals surface area contributed by atoms with Crippen LogP contribution in [0.5, 0.6) is 0 Å². The van der Waals surface area contributed by atoms with Crippen LogP contribution in [-0.2, 0) is 25.5 Å². The normalized spacial score (nSPS) is 22.5. The summed E-state index contributed by atoms with van der Waals surface area (Å²) in [5, 5.41) is 13.5. The Morgan fingerprint density at radius 2 is 1.91 bits per heavy atom. The number of nitrogens with one attached hydrogen (secondary N) is 2. The number of ether oxygens (including phenoxy) is 1. The Morgan fingerprint density at radius 3 is 2.54 bits per heavy atom. The van der Waals surface area contributed by atoms with Crippen molar-refractivity contribution in [3.63, 3.8) is 0 Å². The summed E-state index contributed by atoms with van der Waals surface area (Å²) in [5.74, 6) is -2.15. The van der Waals surface area contributed by atoms with Crippen molar-refractivity contribution in [2.75, 3.05) is 6.54 Å². The van der Waals surface area contributed by atoms with Crippen LogP contribution in [0, 0.1) is 17.8 Å². The van der Waals surface area contributed by atoms with Gasteiger partial charge in [-0.2, -0.15) is 0 Å². The molecule has 1 aliphatic carbocycles. The van der Waals surface area contributed by atoms with Crippen LogP contribution in [0.1, 0.15) is 64.4 Å². The number of carboxylic acids is 1. The fourth-order valence-electron chi connectivity index (χ4n) is 4.87. The number of carbonyl (C=O) groups excluding carboxylic acids is 3. The van der Waals surface area contributed by atoms with Gasteiger partial charge in [-0.05, 0) is 56.4 Å². The van der Waals surface area contributed by atoms with Crippen LogP contribution in [0.3, 0.4) is 0 Å². The van der Waals surface area contributed by atoms with Crippen molar-refractivity contribution in [3.8, 4) is 0 Å². The molecule has 3 unspecified atom stereocenters. The van der Waals surface area contributed by atoms with Gasteiger partial charge in [0.15, 0.2) is 6.04 Å². The SMILES string of the molecule is CC(C)CCC(=O)N(NC(=O)OC1CCCC1Cc1ccccc1)[C@@H](CC1CCNC1=O)C(=O)O. The molecule has 0 spiro atoms. The first-order valence-electron chi connectivity index (χ1n) is 12.6. The largest absolute Gasteiger partial charge is 0.480 e. The van der Waals surface area contributed by atoms with Crippen LogP contribution >= 0.6 is 0 Å². The van der Waals surface area contributed by atoms with Gasteiger partial charge in [0.1, 0.15) is 6.10 Å². The number of aliphatic carboxylic acids is 1. The molecule has 0 radical (unpaired) electrons. The maximum absolute atomic E-state index is 13.0. The van der Waals surface area contributed by atoms with Crippen LogP contribution in [0.2, 0.25) is 0 Å². The fourth-order valence-corrected chi connectivity index (χ4v) is 4.87. The van der Waals surface area contributed by atoms with Crippen molar-refractivity contribution < 1.29 is 29.0 Å². The summed E-state index contributed by atoms with van der Waals surface area (Å²) in [5.41, 5.74) is 3.60. The number of benzene rings is 1. The third-order valence-electron chi connectivity index (χ3n) is 6.87. The summed E-state index contributed by atoms with van der Waals surface area (Å²) in [7, 11) is 0. The number of amides is 3. The standard InChI is InChI=1S/C26H37N3O6/c1-17(2)11-12-23(30)29(21(25(32)33)16-20-13-14-27-24(20)31)28-26(34)35-22-10-6-9-19(22)15-18-7-4-3-5-8-18/h3-5,7-8,17,19-22H,6,9-16H2,1-2H3,(H,27,31)(H,28,34)(H,32,33)/t19?,20?,21-,22?/m0/s1. The minimum absolute atomic E-state index is 0.0745. The van der Waals surface area contributed by atoms with E-state index in [9.17, 15) is 24.3 Å². The predicted molar refractivity (Wildman–Crippen MR) is 129 cm³/mol. The number of hydrogen-bond acceptors (Lipinski definition) is 5. The maximum Gasteiger partial charge on any atom is 0.426 e. The molecule has 1 saturated heterocycles. The van der Waals surface area contributed by atoms with E-state index in [4.69, 9.17) is 4.74 Å². The number of hydrogen-bond donors (Lipinski definition) is 3. The molecule has 35 heavy (non-hydrogen) atoms. The summed E-state index contributed by atoms with van der Waals surface area (Å²) < 4.78 is 5.71. The third kappa shape index (κ3) is 7.70. The van der Waals surface area contributed by atoms with Gasteiger partial charge in [-0.1, -0.05) is 44.2 Å². The van der Waals surface area contributed by atoms with Crippen molar-refractivity contribution in [3.05, 3.63) is 35.9 Å². The van der Waals surface area contributed by atoms with Crippen molar-refractivity contribution in [1.29, 1.82) is 0 Å². The first-order chi connectivity index (χ1) is 16.7. The molecule has 1 aliphatic heterocycles. The van der Waals surface area contributed by atoms with Gasteiger partial charge in [0, 0.05) is 24.8 Å². The Bertz CT molecular complexity index is 890. The maximum atomic E-state index is 13.0. The molecule has 0 aromatic heterocycles. The Morgan fingerprint density at radius 1 is 1.17 bits per heavy atom. The Kier molecular flexibility index (Phi) is 9.51. The van der Waals surface area contributed by atoms with Crippen molar-refractivity contribution in [1.82, 2.24) is 15.8 Å². The average molecular weight is 488 g/mol. The van der Waals surface area contributed by atoms with Crippen molar-refractivity contribution in [2.24, 2.45) is 17.8 Å². The van der Waals surface area contributed by atoms with Crippen LogP contribution in [-0.4, -0.2) is 52.7 Å². The summed E-state index contributed by atoms with van der Waals surface area (Å²) in [6.07, 6.45) is 3.25. The van der Waals surface area contributed by atoms with E-state index in [2.05, 4.69) is 10.7 Å². The van der Waals surface area contributed by atoms with E-state index in [1.54, 1.807) is 0 Å². The van der Waals surface area contributed by atoms with E-state index in [-0.39, 0.29) is 36.7 Å². The molecule has 0 bridgehead atoms. The summed E-state index contributed by atoms with van der Waals surface area (Å²) in [4.78, 5) is 50.1. The van der Waals surface area contributed by atoms with E-state index in [1.807, 2.05) is 44.2 Å². The monoisotopic (exact) mass is 487 g/mol.